The molecule has 2 saturated heterocycles. The minimum atomic E-state index is -0.320. The van der Waals surface area contributed by atoms with Gasteiger partial charge < -0.3 is 19.4 Å². The fourth-order valence-corrected chi connectivity index (χ4v) is 4.43. The Morgan fingerprint density at radius 3 is 2.03 bits per heavy atom. The number of benzene rings is 2. The molecule has 2 aliphatic rings. The van der Waals surface area contributed by atoms with Crippen molar-refractivity contribution in [2.45, 2.75) is 19.3 Å². The predicted octanol–water partition coefficient (Wildman–Crippen LogP) is 4.36. The van der Waals surface area contributed by atoms with Gasteiger partial charge in [0.15, 0.2) is 11.6 Å². The van der Waals surface area contributed by atoms with Gasteiger partial charge in [0.2, 0.25) is 0 Å². The van der Waals surface area contributed by atoms with Crippen LogP contribution in [0.15, 0.2) is 60.7 Å². The molecular formula is C26H28FN5O2. The lowest BCUT2D eigenvalue weighted by atomic mass is 10.1. The minimum absolute atomic E-state index is 0.0317. The molecule has 0 bridgehead atoms. The second-order valence-corrected chi connectivity index (χ2v) is 8.66. The lowest BCUT2D eigenvalue weighted by Gasteiger charge is -2.35. The van der Waals surface area contributed by atoms with Gasteiger partial charge in [-0.05, 0) is 73.9 Å². The molecule has 5 rings (SSSR count). The van der Waals surface area contributed by atoms with E-state index in [1.165, 1.54) is 31.4 Å². The Kier molecular flexibility index (Phi) is 6.56. The van der Waals surface area contributed by atoms with E-state index >= 15 is 0 Å². The van der Waals surface area contributed by atoms with Crippen molar-refractivity contribution in [1.82, 2.24) is 15.1 Å². The van der Waals surface area contributed by atoms with E-state index in [9.17, 15) is 9.18 Å². The molecule has 1 aromatic heterocycles. The number of anilines is 2. The second kappa shape index (κ2) is 10.1. The van der Waals surface area contributed by atoms with Crippen LogP contribution in [0.1, 0.15) is 29.6 Å². The van der Waals surface area contributed by atoms with Crippen LogP contribution in [0.2, 0.25) is 0 Å². The first-order valence-electron chi connectivity index (χ1n) is 11.8. The van der Waals surface area contributed by atoms with Crippen molar-refractivity contribution in [3.63, 3.8) is 0 Å². The van der Waals surface area contributed by atoms with Crippen molar-refractivity contribution >= 4 is 17.5 Å². The number of carbonyl (C=O) groups is 1. The van der Waals surface area contributed by atoms with E-state index in [0.717, 1.165) is 24.7 Å². The third-order valence-electron chi connectivity index (χ3n) is 6.34. The summed E-state index contributed by atoms with van der Waals surface area (Å²) >= 11 is 0. The molecule has 176 valence electrons. The number of halogens is 1. The number of rotatable bonds is 5. The molecule has 34 heavy (non-hydrogen) atoms. The number of hydrogen-bond acceptors (Lipinski definition) is 6. The van der Waals surface area contributed by atoms with E-state index in [1.54, 1.807) is 36.4 Å². The molecule has 0 unspecified atom stereocenters. The first kappa shape index (κ1) is 22.1. The maximum atomic E-state index is 13.1. The Morgan fingerprint density at radius 1 is 0.735 bits per heavy atom. The molecule has 0 aliphatic carbocycles. The number of piperazine rings is 1. The molecule has 0 radical (unpaired) electrons. The standard InChI is InChI=1S/C26H28FN5O2/c27-21-7-9-22(10-8-21)34-23-6-4-5-20(19-23)26(33)32-17-15-31(16-18-32)25-12-11-24(28-29-25)30-13-2-1-3-14-30/h4-12,19H,1-3,13-18H2. The van der Waals surface area contributed by atoms with Crippen molar-refractivity contribution in [2.75, 3.05) is 49.1 Å². The fourth-order valence-electron chi connectivity index (χ4n) is 4.43. The van der Waals surface area contributed by atoms with Crippen LogP contribution in [0, 0.1) is 5.82 Å². The quantitative estimate of drug-likeness (QED) is 0.563. The molecule has 0 N–H and O–H groups in total. The normalized spacial score (nSPS) is 16.4. The van der Waals surface area contributed by atoms with Crippen LogP contribution in [-0.2, 0) is 0 Å². The summed E-state index contributed by atoms with van der Waals surface area (Å²) in [6, 6.07) is 17.0. The molecule has 0 saturated carbocycles. The van der Waals surface area contributed by atoms with Gasteiger partial charge in [-0.1, -0.05) is 6.07 Å². The molecule has 3 heterocycles. The maximum Gasteiger partial charge on any atom is 0.254 e. The topological polar surface area (TPSA) is 61.8 Å². The van der Waals surface area contributed by atoms with E-state index in [-0.39, 0.29) is 11.7 Å². The van der Waals surface area contributed by atoms with Gasteiger partial charge in [0.05, 0.1) is 0 Å². The Hall–Kier alpha value is -3.68. The highest BCUT2D eigenvalue weighted by Gasteiger charge is 2.24. The van der Waals surface area contributed by atoms with E-state index in [2.05, 4.69) is 26.1 Å². The zero-order chi connectivity index (χ0) is 23.3. The van der Waals surface area contributed by atoms with Crippen LogP contribution in [0.3, 0.4) is 0 Å². The van der Waals surface area contributed by atoms with Crippen LogP contribution >= 0.6 is 0 Å². The summed E-state index contributed by atoms with van der Waals surface area (Å²) in [6.45, 7) is 4.72. The van der Waals surface area contributed by atoms with E-state index in [4.69, 9.17) is 4.74 Å². The summed E-state index contributed by atoms with van der Waals surface area (Å²) in [5, 5.41) is 8.90. The van der Waals surface area contributed by atoms with Gasteiger partial charge in [0.25, 0.3) is 5.91 Å². The maximum absolute atomic E-state index is 13.1. The molecule has 8 heteroatoms. The van der Waals surface area contributed by atoms with E-state index in [1.807, 2.05) is 11.0 Å². The average molecular weight is 462 g/mol. The first-order valence-corrected chi connectivity index (χ1v) is 11.8. The monoisotopic (exact) mass is 461 g/mol. The third-order valence-corrected chi connectivity index (χ3v) is 6.34. The summed E-state index contributed by atoms with van der Waals surface area (Å²) in [5.74, 6) is 2.50. The van der Waals surface area contributed by atoms with Gasteiger partial charge in [0, 0.05) is 44.8 Å². The summed E-state index contributed by atoms with van der Waals surface area (Å²) in [5.41, 5.74) is 0.568. The highest BCUT2D eigenvalue weighted by Crippen LogP contribution is 2.24. The molecule has 3 aromatic rings. The zero-order valence-electron chi connectivity index (χ0n) is 19.1. The number of piperidine rings is 1. The highest BCUT2D eigenvalue weighted by molar-refractivity contribution is 5.94. The average Bonchev–Trinajstić information content (AvgIpc) is 2.90. The Balaban J connectivity index is 1.18. The van der Waals surface area contributed by atoms with Crippen LogP contribution in [0.5, 0.6) is 11.5 Å². The van der Waals surface area contributed by atoms with Gasteiger partial charge >= 0.3 is 0 Å². The number of aromatic nitrogens is 2. The van der Waals surface area contributed by atoms with Gasteiger partial charge in [-0.25, -0.2) is 4.39 Å². The largest absolute Gasteiger partial charge is 0.457 e. The predicted molar refractivity (Wildman–Crippen MR) is 129 cm³/mol. The van der Waals surface area contributed by atoms with Crippen LogP contribution < -0.4 is 14.5 Å². The second-order valence-electron chi connectivity index (χ2n) is 8.66. The van der Waals surface area contributed by atoms with Crippen molar-refractivity contribution in [2.24, 2.45) is 0 Å². The summed E-state index contributed by atoms with van der Waals surface area (Å²) in [6.07, 6.45) is 3.71. The molecule has 1 amide bonds. The number of ether oxygens (including phenoxy) is 1. The van der Waals surface area contributed by atoms with Crippen molar-refractivity contribution in [1.29, 1.82) is 0 Å². The molecule has 0 atom stereocenters. The number of hydrogen-bond donors (Lipinski definition) is 0. The SMILES string of the molecule is O=C(c1cccc(Oc2ccc(F)cc2)c1)N1CCN(c2ccc(N3CCCCC3)nn2)CC1. The Bertz CT molecular complexity index is 1110. The molecule has 0 spiro atoms. The highest BCUT2D eigenvalue weighted by atomic mass is 19.1. The van der Waals surface area contributed by atoms with Crippen LogP contribution in [-0.4, -0.2) is 60.3 Å². The van der Waals surface area contributed by atoms with Crippen LogP contribution in [0.4, 0.5) is 16.0 Å². The molecule has 2 aliphatic heterocycles. The fraction of sp³-hybridized carbons (Fsp3) is 0.346. The molecule has 2 fully saturated rings. The third kappa shape index (κ3) is 5.11. The van der Waals surface area contributed by atoms with Gasteiger partial charge in [-0.15, -0.1) is 10.2 Å². The van der Waals surface area contributed by atoms with Crippen LogP contribution in [0.25, 0.3) is 0 Å². The Morgan fingerprint density at radius 2 is 1.38 bits per heavy atom. The lowest BCUT2D eigenvalue weighted by Crippen LogP contribution is -2.49. The number of carbonyl (C=O) groups excluding carboxylic acids is 1. The van der Waals surface area contributed by atoms with Crippen molar-refractivity contribution < 1.29 is 13.9 Å². The first-order chi connectivity index (χ1) is 16.7. The van der Waals surface area contributed by atoms with E-state index in [0.29, 0.717) is 43.2 Å². The lowest BCUT2D eigenvalue weighted by molar-refractivity contribution is 0.0746. The molecule has 2 aromatic carbocycles. The van der Waals surface area contributed by atoms with Gasteiger partial charge in [0.1, 0.15) is 17.3 Å². The minimum Gasteiger partial charge on any atom is -0.457 e. The van der Waals surface area contributed by atoms with Gasteiger partial charge in [-0.3, -0.25) is 4.79 Å². The molecule has 7 nitrogen and oxygen atoms in total. The van der Waals surface area contributed by atoms with Crippen molar-refractivity contribution in [3.8, 4) is 11.5 Å². The summed E-state index contributed by atoms with van der Waals surface area (Å²) < 4.78 is 18.9. The van der Waals surface area contributed by atoms with Gasteiger partial charge in [-0.2, -0.15) is 0 Å². The summed E-state index contributed by atoms with van der Waals surface area (Å²) in [4.78, 5) is 19.4. The molecular weight excluding hydrogens is 433 g/mol. The summed E-state index contributed by atoms with van der Waals surface area (Å²) in [7, 11) is 0. The zero-order valence-corrected chi connectivity index (χ0v) is 19.1. The Labute approximate surface area is 198 Å². The number of nitrogens with zero attached hydrogens (tertiary/aromatic N) is 5. The smallest absolute Gasteiger partial charge is 0.254 e. The number of amides is 1. The van der Waals surface area contributed by atoms with E-state index < -0.39 is 0 Å². The van der Waals surface area contributed by atoms with Crippen molar-refractivity contribution in [3.05, 3.63) is 72.0 Å².